The van der Waals surface area contributed by atoms with Gasteiger partial charge in [-0.25, -0.2) is 4.79 Å². The van der Waals surface area contributed by atoms with Crippen LogP contribution in [0.25, 0.3) is 0 Å². The van der Waals surface area contributed by atoms with Crippen molar-refractivity contribution in [1.29, 1.82) is 0 Å². The second kappa shape index (κ2) is 3.62. The number of carbonyl (C=O) groups excluding carboxylic acids is 1. The molecule has 0 aromatic rings. The number of hydrogen-bond acceptors (Lipinski definition) is 2. The van der Waals surface area contributed by atoms with Crippen molar-refractivity contribution in [2.24, 2.45) is 0 Å². The lowest BCUT2D eigenvalue weighted by molar-refractivity contribution is -0.129. The predicted octanol–water partition coefficient (Wildman–Crippen LogP) is -1.92. The molecular weight excluding hydrogens is 136 g/mol. The van der Waals surface area contributed by atoms with Gasteiger partial charge in [0, 0.05) is 15.8 Å². The van der Waals surface area contributed by atoms with E-state index in [4.69, 9.17) is 0 Å². The van der Waals surface area contributed by atoms with E-state index >= 15 is 0 Å². The lowest BCUT2D eigenvalue weighted by Gasteiger charge is -1.95. The highest BCUT2D eigenvalue weighted by Crippen LogP contribution is 1.90. The summed E-state index contributed by atoms with van der Waals surface area (Å²) in [4.78, 5) is 10.5. The van der Waals surface area contributed by atoms with Crippen LogP contribution in [-0.2, 0) is 9.22 Å². The molecule has 0 aromatic carbocycles. The summed E-state index contributed by atoms with van der Waals surface area (Å²) in [6, 6.07) is 0. The SMILES string of the molecule is CC(=C[SiH3])C(=O)O[SiH3]. The molecule has 0 aliphatic rings. The fourth-order valence-corrected chi connectivity index (χ4v) is 0.837. The first kappa shape index (κ1) is 7.64. The number of hydrogen-bond donors (Lipinski definition) is 0. The van der Waals surface area contributed by atoms with Crippen molar-refractivity contribution in [2.45, 2.75) is 6.92 Å². The second-order valence-corrected chi connectivity index (χ2v) is 2.45. The maximum atomic E-state index is 10.5. The van der Waals surface area contributed by atoms with Gasteiger partial charge in [0.2, 0.25) is 10.5 Å². The molecule has 0 N–H and O–H groups in total. The standard InChI is InChI=1S/C4H10O2Si2/c1-3(2-7)4(5)6-8/h2H,1,7-8H3. The molecule has 0 heterocycles. The Balaban J connectivity index is 3.83. The molecule has 0 fully saturated rings. The third-order valence-corrected chi connectivity index (χ3v) is 2.18. The zero-order valence-electron chi connectivity index (χ0n) is 5.39. The quantitative estimate of drug-likeness (QED) is 0.318. The van der Waals surface area contributed by atoms with E-state index < -0.39 is 0 Å². The normalized spacial score (nSPS) is 11.9. The van der Waals surface area contributed by atoms with Crippen molar-refractivity contribution in [3.8, 4) is 0 Å². The molecule has 46 valence electrons. The molecule has 0 unspecified atom stereocenters. The van der Waals surface area contributed by atoms with E-state index in [2.05, 4.69) is 4.43 Å². The van der Waals surface area contributed by atoms with Crippen LogP contribution in [0.3, 0.4) is 0 Å². The van der Waals surface area contributed by atoms with E-state index in [-0.39, 0.29) is 5.97 Å². The van der Waals surface area contributed by atoms with Crippen molar-refractivity contribution in [2.75, 3.05) is 0 Å². The highest BCUT2D eigenvalue weighted by Gasteiger charge is 1.97. The molecule has 0 rings (SSSR count). The Morgan fingerprint density at radius 1 is 1.75 bits per heavy atom. The monoisotopic (exact) mass is 146 g/mol. The Morgan fingerprint density at radius 3 is 2.38 bits per heavy atom. The summed E-state index contributed by atoms with van der Waals surface area (Å²) >= 11 is 0. The summed E-state index contributed by atoms with van der Waals surface area (Å²) in [5, 5.41) is 0. The van der Waals surface area contributed by atoms with Gasteiger partial charge in [-0.1, -0.05) is 5.70 Å². The van der Waals surface area contributed by atoms with Gasteiger partial charge in [-0.05, 0) is 6.92 Å². The molecule has 2 nitrogen and oxygen atoms in total. The van der Waals surface area contributed by atoms with Crippen LogP contribution in [0, 0.1) is 0 Å². The van der Waals surface area contributed by atoms with Crippen LogP contribution >= 0.6 is 0 Å². The zero-order valence-corrected chi connectivity index (χ0v) is 9.39. The van der Waals surface area contributed by atoms with E-state index in [1.807, 2.05) is 5.70 Å². The van der Waals surface area contributed by atoms with E-state index in [1.54, 1.807) is 6.92 Å². The molecule has 0 bridgehead atoms. The van der Waals surface area contributed by atoms with Gasteiger partial charge in [0.25, 0.3) is 0 Å². The van der Waals surface area contributed by atoms with E-state index in [0.717, 1.165) is 15.8 Å². The van der Waals surface area contributed by atoms with Crippen LogP contribution in [0.2, 0.25) is 0 Å². The van der Waals surface area contributed by atoms with Crippen molar-refractivity contribution >= 4 is 26.7 Å². The third kappa shape index (κ3) is 2.08. The summed E-state index contributed by atoms with van der Waals surface area (Å²) < 4.78 is 4.56. The Kier molecular flexibility index (Phi) is 3.46. The number of carbonyl (C=O) groups is 1. The van der Waals surface area contributed by atoms with Crippen LogP contribution in [0.15, 0.2) is 11.3 Å². The van der Waals surface area contributed by atoms with Gasteiger partial charge < -0.3 is 4.43 Å². The lowest BCUT2D eigenvalue weighted by atomic mass is 10.4. The Morgan fingerprint density at radius 2 is 2.25 bits per heavy atom. The fourth-order valence-electron chi connectivity index (χ4n) is 0.279. The van der Waals surface area contributed by atoms with E-state index in [1.165, 1.54) is 0 Å². The van der Waals surface area contributed by atoms with Crippen LogP contribution in [0.1, 0.15) is 6.92 Å². The zero-order chi connectivity index (χ0) is 6.57. The van der Waals surface area contributed by atoms with Gasteiger partial charge in [-0.2, -0.15) is 0 Å². The largest absolute Gasteiger partial charge is 0.526 e. The minimum absolute atomic E-state index is 0.160. The maximum absolute atomic E-state index is 10.5. The molecule has 0 aliphatic heterocycles. The molecule has 0 atom stereocenters. The first-order valence-electron chi connectivity index (χ1n) is 2.43. The molecule has 8 heavy (non-hydrogen) atoms. The Bertz CT molecular complexity index is 119. The first-order chi connectivity index (χ1) is 3.72. The first-order valence-corrected chi connectivity index (χ1v) is 4.40. The number of rotatable bonds is 1. The summed E-state index contributed by atoms with van der Waals surface area (Å²) in [7, 11) is 1.43. The Hall–Kier alpha value is -0.356. The van der Waals surface area contributed by atoms with Gasteiger partial charge in [-0.3, -0.25) is 0 Å². The second-order valence-electron chi connectivity index (χ2n) is 1.46. The molecule has 0 saturated carbocycles. The van der Waals surface area contributed by atoms with Crippen molar-refractivity contribution in [3.63, 3.8) is 0 Å². The van der Waals surface area contributed by atoms with E-state index in [0.29, 0.717) is 10.5 Å². The van der Waals surface area contributed by atoms with Crippen molar-refractivity contribution in [3.05, 3.63) is 11.3 Å². The van der Waals surface area contributed by atoms with Crippen LogP contribution in [0.5, 0.6) is 0 Å². The van der Waals surface area contributed by atoms with Crippen LogP contribution in [-0.4, -0.2) is 26.7 Å². The minimum atomic E-state index is -0.160. The molecule has 0 saturated heterocycles. The average molecular weight is 146 g/mol. The van der Waals surface area contributed by atoms with Gasteiger partial charge in [0.15, 0.2) is 0 Å². The van der Waals surface area contributed by atoms with E-state index in [9.17, 15) is 4.79 Å². The topological polar surface area (TPSA) is 26.3 Å². The van der Waals surface area contributed by atoms with Crippen LogP contribution < -0.4 is 0 Å². The predicted molar refractivity (Wildman–Crippen MR) is 39.7 cm³/mol. The summed E-state index contributed by atoms with van der Waals surface area (Å²) in [6.07, 6.45) is 0. The fraction of sp³-hybridized carbons (Fsp3) is 0.250. The van der Waals surface area contributed by atoms with Gasteiger partial charge >= 0.3 is 5.97 Å². The average Bonchev–Trinajstić information content (AvgIpc) is 1.84. The summed E-state index contributed by atoms with van der Waals surface area (Å²) in [5.41, 5.74) is 2.62. The minimum Gasteiger partial charge on any atom is -0.526 e. The molecule has 0 spiro atoms. The van der Waals surface area contributed by atoms with Crippen molar-refractivity contribution < 1.29 is 9.22 Å². The summed E-state index contributed by atoms with van der Waals surface area (Å²) in [5.74, 6) is -0.160. The molecule has 4 heteroatoms. The molecule has 0 radical (unpaired) electrons. The third-order valence-electron chi connectivity index (χ3n) is 0.940. The van der Waals surface area contributed by atoms with Gasteiger partial charge in [0.1, 0.15) is 0 Å². The highest BCUT2D eigenvalue weighted by atomic mass is 28.2. The van der Waals surface area contributed by atoms with Gasteiger partial charge in [0.05, 0.1) is 0 Å². The molecule has 0 aliphatic carbocycles. The maximum Gasteiger partial charge on any atom is 0.318 e. The molecular formula is C4H10O2Si2. The molecule has 0 aromatic heterocycles. The Labute approximate surface area is 54.9 Å². The molecule has 0 amide bonds. The lowest BCUT2D eigenvalue weighted by Crippen LogP contribution is -2.01. The van der Waals surface area contributed by atoms with Crippen molar-refractivity contribution in [1.82, 2.24) is 0 Å². The van der Waals surface area contributed by atoms with Gasteiger partial charge in [-0.15, -0.1) is 0 Å². The summed E-state index contributed by atoms with van der Waals surface area (Å²) in [6.45, 7) is 1.77. The highest BCUT2D eigenvalue weighted by molar-refractivity contribution is 6.20. The van der Waals surface area contributed by atoms with Crippen LogP contribution in [0.4, 0.5) is 0 Å². The smallest absolute Gasteiger partial charge is 0.318 e.